The summed E-state index contributed by atoms with van der Waals surface area (Å²) in [6, 6.07) is 4.57. The number of fused-ring (bicyclic) bond motifs is 10. The van der Waals surface area contributed by atoms with Crippen molar-refractivity contribution in [3.63, 3.8) is 0 Å². The van der Waals surface area contributed by atoms with Crippen molar-refractivity contribution in [1.29, 1.82) is 10.5 Å². The van der Waals surface area contributed by atoms with Crippen molar-refractivity contribution in [3.8, 4) is 12.1 Å². The van der Waals surface area contributed by atoms with Crippen molar-refractivity contribution in [3.05, 3.63) is 35.4 Å². The molecule has 8 saturated carbocycles. The van der Waals surface area contributed by atoms with Crippen LogP contribution in [-0.4, -0.2) is 83.7 Å². The molecule has 0 aliphatic heterocycles. The number of aryl methyl sites for hydroxylation is 1. The van der Waals surface area contributed by atoms with E-state index in [2.05, 4.69) is 51.9 Å². The first kappa shape index (κ1) is 47.8. The normalized spacial score (nSPS) is 47.0. The number of hydrogen-bond donors (Lipinski definition) is 4. The largest absolute Gasteiger partial charge is 0.393 e. The van der Waals surface area contributed by atoms with Gasteiger partial charge in [0.05, 0.1) is 60.6 Å². The molecule has 0 radical (unpaired) electrons. The van der Waals surface area contributed by atoms with Crippen molar-refractivity contribution in [2.75, 3.05) is 20.3 Å². The molecule has 2 heterocycles. The first-order valence-corrected chi connectivity index (χ1v) is 26.7. The average molecular weight is 923 g/mol. The Hall–Kier alpha value is -2.84. The molecule has 0 bridgehead atoms. The lowest BCUT2D eigenvalue weighted by Crippen LogP contribution is -2.61. The summed E-state index contributed by atoms with van der Waals surface area (Å²) >= 11 is 0. The molecule has 8 fully saturated rings. The number of nitriles is 2. The van der Waals surface area contributed by atoms with Gasteiger partial charge < -0.3 is 29.9 Å². The van der Waals surface area contributed by atoms with Gasteiger partial charge in [-0.25, -0.2) is 0 Å². The zero-order chi connectivity index (χ0) is 47.3. The summed E-state index contributed by atoms with van der Waals surface area (Å²) in [7, 11) is 1.68. The highest BCUT2D eigenvalue weighted by Crippen LogP contribution is 2.70. The minimum Gasteiger partial charge on any atom is -0.393 e. The predicted molar refractivity (Wildman–Crippen MR) is 252 cm³/mol. The highest BCUT2D eigenvalue weighted by atomic mass is 16.5. The number of rotatable bonds is 12. The summed E-state index contributed by atoms with van der Waals surface area (Å²) < 4.78 is 15.6. The lowest BCUT2D eigenvalue weighted by Gasteiger charge is -2.63. The highest BCUT2D eigenvalue weighted by molar-refractivity contribution is 5.30. The Kier molecular flexibility index (Phi) is 12.5. The first-order chi connectivity index (χ1) is 31.9. The van der Waals surface area contributed by atoms with Crippen molar-refractivity contribution in [2.45, 2.75) is 187 Å². The molecule has 8 aliphatic rings. The van der Waals surface area contributed by atoms with Crippen LogP contribution < -0.4 is 0 Å². The topological polar surface area (TPSA) is 183 Å². The van der Waals surface area contributed by atoms with Gasteiger partial charge >= 0.3 is 0 Å². The third-order valence-electron chi connectivity index (χ3n) is 22.4. The molecule has 0 aromatic carbocycles. The number of nitrogens with zero attached hydrogens (tertiary/aromatic N) is 6. The van der Waals surface area contributed by atoms with E-state index in [1.54, 1.807) is 13.3 Å². The van der Waals surface area contributed by atoms with Crippen LogP contribution in [0, 0.1) is 109 Å². The lowest BCUT2D eigenvalue weighted by atomic mass is 9.43. The second-order valence-electron chi connectivity index (χ2n) is 25.6. The molecule has 2 aromatic heterocycles. The van der Waals surface area contributed by atoms with Crippen molar-refractivity contribution in [1.82, 2.24) is 19.6 Å². The van der Waals surface area contributed by atoms with Crippen LogP contribution in [0.15, 0.2) is 18.6 Å². The molecular formula is C55H82N6O6. The molecule has 0 amide bonds. The van der Waals surface area contributed by atoms with Crippen LogP contribution in [0.5, 0.6) is 0 Å². The summed E-state index contributed by atoms with van der Waals surface area (Å²) in [6.45, 7) is 14.4. The number of aliphatic hydroxyl groups excluding tert-OH is 2. The Balaban J connectivity index is 0.729. The molecule has 19 atom stereocenters. The molecule has 0 saturated heterocycles. The van der Waals surface area contributed by atoms with Crippen molar-refractivity contribution < 1.29 is 29.9 Å². The predicted octanol–water partition coefficient (Wildman–Crippen LogP) is 8.43. The zero-order valence-electron chi connectivity index (χ0n) is 41.6. The molecule has 4 N–H and O–H groups in total. The Bertz CT molecular complexity index is 2220. The minimum atomic E-state index is -0.953. The maximum atomic E-state index is 12.2. The van der Waals surface area contributed by atoms with Crippen LogP contribution in [0.2, 0.25) is 0 Å². The van der Waals surface area contributed by atoms with Crippen LogP contribution in [0.4, 0.5) is 0 Å². The molecule has 0 spiro atoms. The van der Waals surface area contributed by atoms with Gasteiger partial charge in [0.2, 0.25) is 0 Å². The van der Waals surface area contributed by atoms with Crippen molar-refractivity contribution >= 4 is 0 Å². The van der Waals surface area contributed by atoms with Gasteiger partial charge in [-0.1, -0.05) is 34.6 Å². The highest BCUT2D eigenvalue weighted by Gasteiger charge is 2.66. The number of ether oxygens (including phenoxy) is 2. The molecule has 12 nitrogen and oxygen atoms in total. The minimum absolute atomic E-state index is 0.0332. The Labute approximate surface area is 400 Å². The maximum absolute atomic E-state index is 12.2. The van der Waals surface area contributed by atoms with Gasteiger partial charge in [-0.15, -0.1) is 0 Å². The van der Waals surface area contributed by atoms with Gasteiger partial charge in [-0.05, 0) is 196 Å². The molecule has 10 rings (SSSR count). The third-order valence-corrected chi connectivity index (χ3v) is 22.4. The summed E-state index contributed by atoms with van der Waals surface area (Å²) in [5.74, 6) is 4.80. The van der Waals surface area contributed by atoms with E-state index in [0.29, 0.717) is 89.5 Å². The van der Waals surface area contributed by atoms with E-state index in [-0.39, 0.29) is 58.9 Å². The van der Waals surface area contributed by atoms with E-state index in [9.17, 15) is 30.9 Å². The van der Waals surface area contributed by atoms with E-state index in [4.69, 9.17) is 14.6 Å². The number of aromatic nitrogens is 4. The Morgan fingerprint density at radius 3 is 1.96 bits per heavy atom. The van der Waals surface area contributed by atoms with Gasteiger partial charge in [-0.2, -0.15) is 20.7 Å². The van der Waals surface area contributed by atoms with Crippen LogP contribution in [0.25, 0.3) is 0 Å². The van der Waals surface area contributed by atoms with Gasteiger partial charge in [-0.3, -0.25) is 9.36 Å². The van der Waals surface area contributed by atoms with E-state index in [0.717, 1.165) is 90.1 Å². The second-order valence-corrected chi connectivity index (χ2v) is 25.6. The van der Waals surface area contributed by atoms with Crippen molar-refractivity contribution in [2.24, 2.45) is 86.8 Å². The van der Waals surface area contributed by atoms with Crippen LogP contribution >= 0.6 is 0 Å². The first-order valence-electron chi connectivity index (χ1n) is 26.7. The van der Waals surface area contributed by atoms with E-state index < -0.39 is 11.2 Å². The lowest BCUT2D eigenvalue weighted by molar-refractivity contribution is -0.199. The van der Waals surface area contributed by atoms with E-state index in [1.807, 2.05) is 21.8 Å². The fraction of sp³-hybridized carbons (Fsp3) is 0.855. The summed E-state index contributed by atoms with van der Waals surface area (Å²) in [6.07, 6.45) is 21.1. The van der Waals surface area contributed by atoms with Gasteiger partial charge in [0.15, 0.2) is 0 Å². The summed E-state index contributed by atoms with van der Waals surface area (Å²) in [4.78, 5) is 0. The zero-order valence-corrected chi connectivity index (χ0v) is 41.6. The number of hydrogen-bond acceptors (Lipinski definition) is 10. The quantitative estimate of drug-likeness (QED) is 0.161. The smallest absolute Gasteiger partial charge is 0.106 e. The summed E-state index contributed by atoms with van der Waals surface area (Å²) in [5.41, 5.74) is 0.205. The van der Waals surface area contributed by atoms with Crippen LogP contribution in [-0.2, 0) is 29.2 Å². The standard InChI is InChI=1S/C55H82N6O6/c1-34(28-61-29-35(25-56)27-58-61)42-13-14-44-41-11-8-39-22-55(65,19-17-51(39,3)49(41)47(63)24-53(42,44)5)33-67-31-45-36(26-57)30-60(59-45)20-15-37-9-12-43-40-10-7-38-21-54(64,32-66-6)18-16-50(38,2)48(40)46(62)23-52(37,43)4/h27,29-30,34,37-44,46-49,62-65H,7-24,28,31-33H2,1-6H3/t34-,37+,38+,39+,40-,41-,42+,43-,44-,46+,47+,48+,49+,50-,51-,52+,53+,54+,55+/m0/s1. The SMILES string of the molecule is COC[C@@]1(O)CC[C@@]2(C)[C@H](CC[C@@H]3[C@@H]2[C@H](O)C[C@]2(C)[C@@H](CCn4cc(C#N)c(COC[C@@]5(O)CC[C@@]6(C)[C@H](CC[C@@H]7[C@@H]6[C@H](O)C[C@]6(C)[C@@H]([C@@H](C)Cn8cc(C#N)cn8)CC[C@@H]76)C5)n4)CC[C@@H]32)C1. The molecule has 0 unspecified atom stereocenters. The molecule has 368 valence electrons. The number of methoxy groups -OCH3 is 1. The number of aliphatic hydroxyl groups is 4. The second kappa shape index (κ2) is 17.5. The monoisotopic (exact) mass is 923 g/mol. The Morgan fingerprint density at radius 1 is 0.731 bits per heavy atom. The molecule has 67 heavy (non-hydrogen) atoms. The molecule has 2 aromatic rings. The van der Waals surface area contributed by atoms with Gasteiger partial charge in [0.25, 0.3) is 0 Å². The average Bonchev–Trinajstić information content (AvgIpc) is 4.07. The van der Waals surface area contributed by atoms with Gasteiger partial charge in [0.1, 0.15) is 17.8 Å². The van der Waals surface area contributed by atoms with Crippen LogP contribution in [0.3, 0.4) is 0 Å². The van der Waals surface area contributed by atoms with E-state index in [1.165, 1.54) is 19.3 Å². The fourth-order valence-corrected chi connectivity index (χ4v) is 19.3. The van der Waals surface area contributed by atoms with Gasteiger partial charge in [0, 0.05) is 32.6 Å². The third kappa shape index (κ3) is 7.97. The summed E-state index contributed by atoms with van der Waals surface area (Å²) in [5, 5.41) is 76.5. The van der Waals surface area contributed by atoms with E-state index >= 15 is 0 Å². The molecule has 12 heteroatoms. The fourth-order valence-electron chi connectivity index (χ4n) is 19.3. The molecular weight excluding hydrogens is 841 g/mol. The molecule has 8 aliphatic carbocycles. The maximum Gasteiger partial charge on any atom is 0.106 e. The Morgan fingerprint density at radius 2 is 1.34 bits per heavy atom. The van der Waals surface area contributed by atoms with Crippen LogP contribution in [0.1, 0.15) is 161 Å².